The lowest BCUT2D eigenvalue weighted by molar-refractivity contribution is 0.471. The van der Waals surface area contributed by atoms with Crippen LogP contribution in [0.5, 0.6) is 0 Å². The zero-order valence-electron chi connectivity index (χ0n) is 16.0. The number of hydrogen-bond acceptors (Lipinski definition) is 4. The summed E-state index contributed by atoms with van der Waals surface area (Å²) in [5.41, 5.74) is 1.42. The molecule has 0 amide bonds. The molecule has 0 aliphatic heterocycles. The van der Waals surface area contributed by atoms with Gasteiger partial charge in [-0.15, -0.1) is 0 Å². The van der Waals surface area contributed by atoms with Crippen molar-refractivity contribution < 1.29 is 8.42 Å². The number of fused-ring (bicyclic) bond motifs is 2. The summed E-state index contributed by atoms with van der Waals surface area (Å²) in [6, 6.07) is 19.2. The lowest BCUT2D eigenvalue weighted by atomic mass is 10.1. The smallest absolute Gasteiger partial charge is 0.289 e. The van der Waals surface area contributed by atoms with Crippen LogP contribution >= 0.6 is 11.6 Å². The first-order chi connectivity index (χ1) is 14.3. The molecule has 4 rings (SSSR count). The van der Waals surface area contributed by atoms with Gasteiger partial charge in [-0.3, -0.25) is 14.5 Å². The third-order valence-electron chi connectivity index (χ3n) is 4.75. The van der Waals surface area contributed by atoms with E-state index in [1.165, 1.54) is 23.6 Å². The summed E-state index contributed by atoms with van der Waals surface area (Å²) in [5, 5.41) is 1.78. The number of halogens is 1. The first kappa shape index (κ1) is 20.3. The largest absolute Gasteiger partial charge is 0.301 e. The van der Waals surface area contributed by atoms with Crippen molar-refractivity contribution in [1.82, 2.24) is 9.29 Å². The summed E-state index contributed by atoms with van der Waals surface area (Å²) in [5.74, 6) is 0. The van der Waals surface area contributed by atoms with Gasteiger partial charge in [-0.05, 0) is 35.2 Å². The van der Waals surface area contributed by atoms with Gasteiger partial charge in [0.15, 0.2) is 5.43 Å². The van der Waals surface area contributed by atoms with Gasteiger partial charge in [-0.2, -0.15) is 12.7 Å². The molecule has 0 aliphatic rings. The average molecular weight is 440 g/mol. The zero-order valence-corrected chi connectivity index (χ0v) is 17.6. The van der Waals surface area contributed by atoms with Crippen LogP contribution < -0.4 is 10.2 Å². The van der Waals surface area contributed by atoms with Crippen LogP contribution in [-0.2, 0) is 16.8 Å². The molecule has 0 unspecified atom stereocenters. The molecule has 8 heteroatoms. The normalized spacial score (nSPS) is 11.8. The quantitative estimate of drug-likeness (QED) is 0.505. The minimum absolute atomic E-state index is 0.223. The summed E-state index contributed by atoms with van der Waals surface area (Å²) in [6.07, 6.45) is 1.48. The molecular weight excluding hydrogens is 422 g/mol. The fourth-order valence-corrected chi connectivity index (χ4v) is 4.25. The van der Waals surface area contributed by atoms with Gasteiger partial charge >= 0.3 is 10.2 Å². The Hall–Kier alpha value is -3.00. The topological polar surface area (TPSA) is 79.4 Å². The van der Waals surface area contributed by atoms with Crippen molar-refractivity contribution in [3.8, 4) is 0 Å². The number of anilines is 1. The van der Waals surface area contributed by atoms with E-state index < -0.39 is 10.2 Å². The number of pyridine rings is 1. The monoisotopic (exact) mass is 439 g/mol. The van der Waals surface area contributed by atoms with Gasteiger partial charge in [0.1, 0.15) is 0 Å². The molecule has 30 heavy (non-hydrogen) atoms. The van der Waals surface area contributed by atoms with Crippen LogP contribution in [0.4, 0.5) is 5.69 Å². The minimum Gasteiger partial charge on any atom is -0.289 e. The maximum Gasteiger partial charge on any atom is 0.301 e. The Kier molecular flexibility index (Phi) is 5.42. The van der Waals surface area contributed by atoms with Crippen LogP contribution in [-0.4, -0.2) is 24.8 Å². The van der Waals surface area contributed by atoms with Gasteiger partial charge in [-0.1, -0.05) is 54.1 Å². The molecule has 0 saturated carbocycles. The Morgan fingerprint density at radius 2 is 1.73 bits per heavy atom. The van der Waals surface area contributed by atoms with E-state index in [0.29, 0.717) is 32.4 Å². The van der Waals surface area contributed by atoms with E-state index in [1.54, 1.807) is 30.3 Å². The maximum atomic E-state index is 13.0. The summed E-state index contributed by atoms with van der Waals surface area (Å²) < 4.78 is 29.3. The molecule has 0 saturated heterocycles. The average Bonchev–Trinajstić information content (AvgIpc) is 2.85. The molecule has 1 N–H and O–H groups in total. The summed E-state index contributed by atoms with van der Waals surface area (Å²) >= 11 is 6.01. The van der Waals surface area contributed by atoms with Crippen molar-refractivity contribution in [3.63, 3.8) is 0 Å². The van der Waals surface area contributed by atoms with Gasteiger partial charge in [0.2, 0.25) is 0 Å². The second-order valence-corrected chi connectivity index (χ2v) is 9.11. The van der Waals surface area contributed by atoms with Crippen LogP contribution in [0.3, 0.4) is 0 Å². The third-order valence-corrected chi connectivity index (χ3v) is 6.40. The molecule has 152 valence electrons. The highest BCUT2D eigenvalue weighted by Gasteiger charge is 2.18. The van der Waals surface area contributed by atoms with Crippen LogP contribution in [0.25, 0.3) is 21.7 Å². The van der Waals surface area contributed by atoms with Gasteiger partial charge < -0.3 is 0 Å². The minimum atomic E-state index is -3.81. The molecule has 0 aliphatic carbocycles. The molecule has 4 aromatic rings. The van der Waals surface area contributed by atoms with Crippen molar-refractivity contribution in [2.75, 3.05) is 11.8 Å². The van der Waals surface area contributed by atoms with Gasteiger partial charge in [0, 0.05) is 30.6 Å². The van der Waals surface area contributed by atoms with E-state index in [2.05, 4.69) is 9.71 Å². The Bertz CT molecular complexity index is 1410. The fourth-order valence-electron chi connectivity index (χ4n) is 3.19. The van der Waals surface area contributed by atoms with E-state index >= 15 is 0 Å². The Labute approximate surface area is 178 Å². The van der Waals surface area contributed by atoms with Gasteiger partial charge in [-0.25, -0.2) is 0 Å². The molecule has 0 radical (unpaired) electrons. The molecule has 0 spiro atoms. The van der Waals surface area contributed by atoms with Crippen molar-refractivity contribution in [2.45, 2.75) is 6.54 Å². The molecule has 0 fully saturated rings. The Morgan fingerprint density at radius 3 is 2.50 bits per heavy atom. The summed E-state index contributed by atoms with van der Waals surface area (Å²) in [7, 11) is -2.31. The molecule has 0 atom stereocenters. The second-order valence-electron chi connectivity index (χ2n) is 6.90. The fraction of sp³-hybridized carbons (Fsp3) is 0.0909. The standard InChI is InChI=1S/C22H18ClN3O3S/c1-26(14-15-5-3-2-4-6-15)30(28,29)25-18-9-7-16-8-10-21-20(11-17(23)13-24-21)22(27)19(16)12-18/h2-13,25H,14H2,1H3. The lowest BCUT2D eigenvalue weighted by Crippen LogP contribution is -2.32. The predicted molar refractivity (Wildman–Crippen MR) is 121 cm³/mol. The Balaban J connectivity index is 1.72. The molecule has 0 bridgehead atoms. The highest BCUT2D eigenvalue weighted by Crippen LogP contribution is 2.21. The van der Waals surface area contributed by atoms with Crippen LogP contribution in [0.15, 0.2) is 77.7 Å². The van der Waals surface area contributed by atoms with E-state index in [0.717, 1.165) is 5.56 Å². The second kappa shape index (κ2) is 8.02. The van der Waals surface area contributed by atoms with Gasteiger partial charge in [0.25, 0.3) is 0 Å². The van der Waals surface area contributed by atoms with Crippen molar-refractivity contribution in [2.24, 2.45) is 0 Å². The number of aromatic nitrogens is 1. The maximum absolute atomic E-state index is 13.0. The molecule has 6 nitrogen and oxygen atoms in total. The molecule has 3 aromatic carbocycles. The van der Waals surface area contributed by atoms with Crippen molar-refractivity contribution in [3.05, 3.63) is 93.7 Å². The third kappa shape index (κ3) is 4.14. The molecular formula is C22H18ClN3O3S. The number of nitrogens with zero attached hydrogens (tertiary/aromatic N) is 2. The number of rotatable bonds is 5. The van der Waals surface area contributed by atoms with Crippen LogP contribution in [0.2, 0.25) is 5.02 Å². The first-order valence-electron chi connectivity index (χ1n) is 9.14. The zero-order chi connectivity index (χ0) is 21.3. The van der Waals surface area contributed by atoms with E-state index in [4.69, 9.17) is 11.6 Å². The van der Waals surface area contributed by atoms with Crippen LogP contribution in [0, 0.1) is 0 Å². The number of hydrogen-bond donors (Lipinski definition) is 1. The van der Waals surface area contributed by atoms with Gasteiger partial charge in [0.05, 0.1) is 16.2 Å². The van der Waals surface area contributed by atoms with Crippen molar-refractivity contribution in [1.29, 1.82) is 0 Å². The molecule has 1 heterocycles. The van der Waals surface area contributed by atoms with Crippen molar-refractivity contribution >= 4 is 49.2 Å². The summed E-state index contributed by atoms with van der Waals surface area (Å²) in [4.78, 5) is 17.2. The summed E-state index contributed by atoms with van der Waals surface area (Å²) in [6.45, 7) is 0.223. The lowest BCUT2D eigenvalue weighted by Gasteiger charge is -2.18. The molecule has 1 aromatic heterocycles. The SMILES string of the molecule is CN(Cc1ccccc1)S(=O)(=O)Nc1ccc2ccc3ncc(Cl)cc3c(=O)c2c1. The van der Waals surface area contributed by atoms with E-state index in [1.807, 2.05) is 30.3 Å². The highest BCUT2D eigenvalue weighted by molar-refractivity contribution is 7.90. The van der Waals surface area contributed by atoms with E-state index in [-0.39, 0.29) is 12.0 Å². The highest BCUT2D eigenvalue weighted by atomic mass is 35.5. The number of benzene rings is 2. The number of nitrogens with one attached hydrogen (secondary N) is 1. The first-order valence-corrected chi connectivity index (χ1v) is 11.0. The Morgan fingerprint density at radius 1 is 1.00 bits per heavy atom. The predicted octanol–water partition coefficient (Wildman–Crippen LogP) is 4.19. The van der Waals surface area contributed by atoms with Crippen LogP contribution in [0.1, 0.15) is 5.56 Å². The van der Waals surface area contributed by atoms with E-state index in [9.17, 15) is 13.2 Å².